The summed E-state index contributed by atoms with van der Waals surface area (Å²) < 4.78 is 6.37. The van der Waals surface area contributed by atoms with Crippen molar-refractivity contribution >= 4 is 51.0 Å². The monoisotopic (exact) mass is 602 g/mol. The van der Waals surface area contributed by atoms with Crippen LogP contribution in [0.4, 0.5) is 5.69 Å². The normalized spacial score (nSPS) is 30.2. The van der Waals surface area contributed by atoms with Crippen LogP contribution in [0.1, 0.15) is 12.0 Å². The molecule has 0 radical (unpaired) electrons. The summed E-state index contributed by atoms with van der Waals surface area (Å²) in [6.45, 7) is 3.53. The van der Waals surface area contributed by atoms with Gasteiger partial charge in [-0.1, -0.05) is 63.9 Å². The van der Waals surface area contributed by atoms with Crippen molar-refractivity contribution in [3.05, 3.63) is 77.8 Å². The largest absolute Gasteiger partial charge is 0.481 e. The molecule has 3 heterocycles. The van der Waals surface area contributed by atoms with Crippen LogP contribution >= 0.6 is 27.5 Å². The van der Waals surface area contributed by atoms with E-state index in [1.165, 1.54) is 9.80 Å². The first-order chi connectivity index (χ1) is 18.2. The zero-order valence-corrected chi connectivity index (χ0v) is 22.8. The second kappa shape index (κ2) is 10.4. The van der Waals surface area contributed by atoms with Gasteiger partial charge in [0.05, 0.1) is 30.6 Å². The van der Waals surface area contributed by atoms with Crippen molar-refractivity contribution in [1.29, 1.82) is 0 Å². The summed E-state index contributed by atoms with van der Waals surface area (Å²) in [6.07, 6.45) is 1.41. The van der Waals surface area contributed by atoms with E-state index in [2.05, 4.69) is 22.5 Å². The molecule has 2 N–H and O–H groups in total. The number of carbonyl (C=O) groups excluding carboxylic acids is 2. The van der Waals surface area contributed by atoms with Crippen LogP contribution < -0.4 is 4.90 Å². The minimum atomic E-state index is -1.36. The minimum Gasteiger partial charge on any atom is -0.481 e. The number of hydrogen-bond donors (Lipinski definition) is 2. The van der Waals surface area contributed by atoms with E-state index in [4.69, 9.17) is 16.3 Å². The number of benzene rings is 2. The molecule has 2 aromatic carbocycles. The van der Waals surface area contributed by atoms with Crippen molar-refractivity contribution in [3.63, 3.8) is 0 Å². The predicted octanol–water partition coefficient (Wildman–Crippen LogP) is 3.30. The summed E-state index contributed by atoms with van der Waals surface area (Å²) in [4.78, 5) is 43.5. The second-order valence-corrected chi connectivity index (χ2v) is 11.6. The predicted molar refractivity (Wildman–Crippen MR) is 145 cm³/mol. The van der Waals surface area contributed by atoms with Crippen molar-refractivity contribution in [2.75, 3.05) is 18.1 Å². The molecule has 0 aromatic heterocycles. The molecule has 10 heteroatoms. The molecule has 5 rings (SSSR count). The summed E-state index contributed by atoms with van der Waals surface area (Å²) in [6, 6.07) is 14.2. The number of carbonyl (C=O) groups is 3. The maximum atomic E-state index is 14.5. The van der Waals surface area contributed by atoms with Crippen LogP contribution in [0.3, 0.4) is 0 Å². The lowest BCUT2D eigenvalue weighted by atomic mass is 9.70. The van der Waals surface area contributed by atoms with E-state index in [1.54, 1.807) is 30.3 Å². The van der Waals surface area contributed by atoms with Gasteiger partial charge in [0.15, 0.2) is 0 Å². The van der Waals surface area contributed by atoms with E-state index < -0.39 is 60.0 Å². The molecule has 3 saturated heterocycles. The summed E-state index contributed by atoms with van der Waals surface area (Å²) in [5.41, 5.74) is 0.0680. The number of anilines is 1. The van der Waals surface area contributed by atoms with E-state index >= 15 is 0 Å². The van der Waals surface area contributed by atoms with Crippen LogP contribution in [-0.2, 0) is 25.5 Å². The van der Waals surface area contributed by atoms with E-state index in [0.29, 0.717) is 10.7 Å². The number of likely N-dealkylation sites (tertiary alicyclic amines) is 1. The van der Waals surface area contributed by atoms with Crippen molar-refractivity contribution in [1.82, 2.24) is 4.90 Å². The third-order valence-electron chi connectivity index (χ3n) is 7.88. The first-order valence-electron chi connectivity index (χ1n) is 12.4. The van der Waals surface area contributed by atoms with Gasteiger partial charge in [-0.25, -0.2) is 0 Å². The standard InChI is InChI=1S/C28H28BrClN2O6/c1-2-12-31(18-10-8-17(30)9-11-18)26(35)24-28-14-20(29)23(38-28)21(27(36)37)22(28)25(34)32(24)19(15-33)13-16-6-4-3-5-7-16/h2-11,19-24,33H,1,12-15H2,(H,36,37)/t19-,20?,21-,22+,23-,24-,28+/m1/s1. The van der Waals surface area contributed by atoms with E-state index in [0.717, 1.165) is 5.56 Å². The Morgan fingerprint density at radius 2 is 1.92 bits per heavy atom. The number of fused-ring (bicyclic) bond motifs is 1. The van der Waals surface area contributed by atoms with Gasteiger partial charge in [0.25, 0.3) is 5.91 Å². The Morgan fingerprint density at radius 3 is 2.53 bits per heavy atom. The molecule has 3 fully saturated rings. The SMILES string of the molecule is C=CCN(C(=O)[C@H]1N([C@@H](CO)Cc2ccccc2)C(=O)[C@@H]2[C@@H](C(=O)O)[C@@H]3O[C@@]21CC3Br)c1ccc(Cl)cc1. The van der Waals surface area contributed by atoms with Crippen molar-refractivity contribution in [2.45, 2.75) is 41.5 Å². The zero-order valence-electron chi connectivity index (χ0n) is 20.5. The number of amides is 2. The first kappa shape index (κ1) is 26.9. The quantitative estimate of drug-likeness (QED) is 0.337. The van der Waals surface area contributed by atoms with Gasteiger partial charge in [0, 0.05) is 22.1 Å². The lowest BCUT2D eigenvalue weighted by molar-refractivity contribution is -0.150. The topological polar surface area (TPSA) is 107 Å². The Labute approximate surface area is 233 Å². The molecule has 7 atom stereocenters. The van der Waals surface area contributed by atoms with Gasteiger partial charge in [-0.3, -0.25) is 14.4 Å². The van der Waals surface area contributed by atoms with Crippen molar-refractivity contribution in [2.24, 2.45) is 11.8 Å². The number of aliphatic carboxylic acids is 1. The molecule has 2 amide bonds. The Bertz CT molecular complexity index is 1240. The number of rotatable bonds is 9. The molecule has 8 nitrogen and oxygen atoms in total. The summed E-state index contributed by atoms with van der Waals surface area (Å²) in [7, 11) is 0. The van der Waals surface area contributed by atoms with Crippen LogP contribution in [0, 0.1) is 11.8 Å². The lowest BCUT2D eigenvalue weighted by Crippen LogP contribution is -2.59. The number of ether oxygens (including phenoxy) is 1. The third kappa shape index (κ3) is 4.25. The van der Waals surface area contributed by atoms with Crippen molar-refractivity contribution in [3.8, 4) is 0 Å². The molecule has 200 valence electrons. The Kier molecular flexibility index (Phi) is 7.39. The maximum Gasteiger partial charge on any atom is 0.310 e. The van der Waals surface area contributed by atoms with Gasteiger partial charge in [0.1, 0.15) is 11.6 Å². The molecule has 1 spiro atoms. The number of carboxylic acid groups (broad SMARTS) is 1. The molecule has 2 bridgehead atoms. The molecule has 38 heavy (non-hydrogen) atoms. The highest BCUT2D eigenvalue weighted by Gasteiger charge is 2.77. The lowest BCUT2D eigenvalue weighted by Gasteiger charge is -2.39. The number of hydrogen-bond acceptors (Lipinski definition) is 5. The summed E-state index contributed by atoms with van der Waals surface area (Å²) >= 11 is 9.64. The van der Waals surface area contributed by atoms with Crippen LogP contribution in [0.15, 0.2) is 67.3 Å². The maximum absolute atomic E-state index is 14.5. The van der Waals surface area contributed by atoms with Crippen LogP contribution in [-0.4, -0.2) is 74.7 Å². The average molecular weight is 604 g/mol. The highest BCUT2D eigenvalue weighted by atomic mass is 79.9. The first-order valence-corrected chi connectivity index (χ1v) is 13.7. The summed E-state index contributed by atoms with van der Waals surface area (Å²) in [5.74, 6) is -4.21. The number of carboxylic acids is 1. The van der Waals surface area contributed by atoms with E-state index in [9.17, 15) is 24.6 Å². The molecule has 3 aliphatic rings. The molecular weight excluding hydrogens is 576 g/mol. The van der Waals surface area contributed by atoms with Gasteiger partial charge in [-0.2, -0.15) is 0 Å². The van der Waals surface area contributed by atoms with Crippen molar-refractivity contribution < 1.29 is 29.3 Å². The van der Waals surface area contributed by atoms with Gasteiger partial charge in [-0.05, 0) is 42.7 Å². The van der Waals surface area contributed by atoms with E-state index in [-0.39, 0.29) is 24.2 Å². The smallest absolute Gasteiger partial charge is 0.310 e. The fourth-order valence-electron chi connectivity index (χ4n) is 6.38. The number of nitrogens with zero attached hydrogens (tertiary/aromatic N) is 2. The zero-order chi connectivity index (χ0) is 27.2. The fraction of sp³-hybridized carbons (Fsp3) is 0.393. The molecule has 2 aromatic rings. The average Bonchev–Trinajstić information content (AvgIpc) is 3.50. The van der Waals surface area contributed by atoms with Gasteiger partial charge in [-0.15, -0.1) is 6.58 Å². The number of aliphatic hydroxyl groups excluding tert-OH is 1. The molecule has 1 unspecified atom stereocenters. The Hall–Kier alpha value is -2.72. The van der Waals surface area contributed by atoms with Crippen LogP contribution in [0.5, 0.6) is 0 Å². The molecule has 3 aliphatic heterocycles. The van der Waals surface area contributed by atoms with Crippen LogP contribution in [0.2, 0.25) is 5.02 Å². The number of aliphatic hydroxyl groups is 1. The fourth-order valence-corrected chi connectivity index (χ4v) is 7.45. The van der Waals surface area contributed by atoms with Gasteiger partial charge >= 0.3 is 5.97 Å². The van der Waals surface area contributed by atoms with Gasteiger partial charge in [0.2, 0.25) is 5.91 Å². The third-order valence-corrected chi connectivity index (χ3v) is 8.98. The Balaban J connectivity index is 1.62. The molecule has 0 aliphatic carbocycles. The second-order valence-electron chi connectivity index (χ2n) is 9.99. The summed E-state index contributed by atoms with van der Waals surface area (Å²) in [5, 5.41) is 21.1. The van der Waals surface area contributed by atoms with Gasteiger partial charge < -0.3 is 24.7 Å². The van der Waals surface area contributed by atoms with Crippen LogP contribution in [0.25, 0.3) is 0 Å². The minimum absolute atomic E-state index is 0.145. The molecular formula is C28H28BrClN2O6. The molecule has 0 saturated carbocycles. The number of halogens is 2. The highest BCUT2D eigenvalue weighted by molar-refractivity contribution is 9.09. The highest BCUT2D eigenvalue weighted by Crippen LogP contribution is 2.60. The van der Waals surface area contributed by atoms with E-state index in [1.807, 2.05) is 30.3 Å². The number of alkyl halides is 1. The Morgan fingerprint density at radius 1 is 1.24 bits per heavy atom.